The summed E-state index contributed by atoms with van der Waals surface area (Å²) in [7, 11) is 0. The fraction of sp³-hybridized carbons (Fsp3) is 0.444. The van der Waals surface area contributed by atoms with E-state index in [1.165, 1.54) is 0 Å². The minimum Gasteiger partial charge on any atom is -0.313 e. The molecule has 1 aromatic heterocycles. The van der Waals surface area contributed by atoms with E-state index in [2.05, 4.69) is 10.3 Å². The zero-order valence-electron chi connectivity index (χ0n) is 7.44. The number of nitrogens with zero attached hydrogens (tertiary/aromatic N) is 2. The predicted molar refractivity (Wildman–Crippen MR) is 51.5 cm³/mol. The Bertz CT molecular complexity index is 328. The summed E-state index contributed by atoms with van der Waals surface area (Å²) in [6, 6.07) is 5.23. The van der Waals surface area contributed by atoms with E-state index in [1.54, 1.807) is 16.8 Å². The molecule has 0 atom stereocenters. The third-order valence-corrected chi connectivity index (χ3v) is 2.20. The van der Waals surface area contributed by atoms with Gasteiger partial charge < -0.3 is 10.3 Å². The van der Waals surface area contributed by atoms with E-state index in [0.29, 0.717) is 0 Å². The van der Waals surface area contributed by atoms with Crippen molar-refractivity contribution in [2.24, 2.45) is 0 Å². The van der Waals surface area contributed by atoms with Crippen LogP contribution in [-0.4, -0.2) is 30.9 Å². The van der Waals surface area contributed by atoms with Gasteiger partial charge in [0.1, 0.15) is 0 Å². The summed E-state index contributed by atoms with van der Waals surface area (Å²) in [5, 5.41) is 5.30. The van der Waals surface area contributed by atoms with E-state index in [1.807, 2.05) is 12.3 Å². The van der Waals surface area contributed by atoms with E-state index in [9.17, 15) is 4.79 Å². The second-order valence-corrected chi connectivity index (χ2v) is 3.09. The molecule has 1 aliphatic heterocycles. The number of aromatic nitrogens is 1. The normalized spacial score (nSPS) is 17.4. The van der Waals surface area contributed by atoms with Crippen molar-refractivity contribution < 1.29 is 0 Å². The van der Waals surface area contributed by atoms with Gasteiger partial charge in [-0.3, -0.25) is 4.79 Å². The summed E-state index contributed by atoms with van der Waals surface area (Å²) in [5.41, 5.74) is 0.0457. The van der Waals surface area contributed by atoms with Gasteiger partial charge in [-0.15, -0.1) is 0 Å². The number of piperazine rings is 1. The van der Waals surface area contributed by atoms with Gasteiger partial charge in [-0.2, -0.15) is 0 Å². The summed E-state index contributed by atoms with van der Waals surface area (Å²) in [6.07, 6.45) is 1.81. The number of pyridine rings is 1. The molecular weight excluding hydrogens is 166 g/mol. The van der Waals surface area contributed by atoms with Crippen molar-refractivity contribution in [2.75, 3.05) is 31.2 Å². The lowest BCUT2D eigenvalue weighted by Crippen LogP contribution is -2.52. The highest BCUT2D eigenvalue weighted by Crippen LogP contribution is 1.90. The minimum absolute atomic E-state index is 0.0457. The Hall–Kier alpha value is -1.29. The third-order valence-electron chi connectivity index (χ3n) is 2.20. The second kappa shape index (κ2) is 3.62. The predicted octanol–water partition coefficient (Wildman–Crippen LogP) is -0.610. The maximum atomic E-state index is 11.4. The highest BCUT2D eigenvalue weighted by molar-refractivity contribution is 4.99. The Balaban J connectivity index is 2.24. The molecule has 1 aliphatic rings. The fourth-order valence-electron chi connectivity index (χ4n) is 1.52. The van der Waals surface area contributed by atoms with Crippen molar-refractivity contribution in [1.82, 2.24) is 9.99 Å². The van der Waals surface area contributed by atoms with Gasteiger partial charge in [0, 0.05) is 38.4 Å². The van der Waals surface area contributed by atoms with Gasteiger partial charge in [-0.25, -0.2) is 4.68 Å². The molecule has 1 N–H and O–H groups in total. The van der Waals surface area contributed by atoms with E-state index in [-0.39, 0.29) is 5.56 Å². The van der Waals surface area contributed by atoms with Crippen LogP contribution in [0.15, 0.2) is 29.2 Å². The lowest BCUT2D eigenvalue weighted by Gasteiger charge is -2.30. The van der Waals surface area contributed by atoms with Gasteiger partial charge in [0.25, 0.3) is 5.56 Å². The Morgan fingerprint density at radius 3 is 2.69 bits per heavy atom. The summed E-state index contributed by atoms with van der Waals surface area (Å²) in [6.45, 7) is 3.68. The monoisotopic (exact) mass is 179 g/mol. The number of hydrogen-bond donors (Lipinski definition) is 1. The quantitative estimate of drug-likeness (QED) is 0.625. The lowest BCUT2D eigenvalue weighted by molar-refractivity contribution is 0.482. The molecule has 0 aliphatic carbocycles. The standard InChI is InChI=1S/C9H13N3O/c13-9-3-1-2-6-12(9)11-7-4-10-5-8-11/h1-3,6,10H,4-5,7-8H2. The van der Waals surface area contributed by atoms with Crippen LogP contribution < -0.4 is 15.9 Å². The first-order valence-corrected chi connectivity index (χ1v) is 4.51. The van der Waals surface area contributed by atoms with Crippen LogP contribution in [0.2, 0.25) is 0 Å². The van der Waals surface area contributed by atoms with Crippen LogP contribution in [0.4, 0.5) is 0 Å². The van der Waals surface area contributed by atoms with Crippen LogP contribution in [0.1, 0.15) is 0 Å². The van der Waals surface area contributed by atoms with E-state index in [4.69, 9.17) is 0 Å². The molecule has 13 heavy (non-hydrogen) atoms. The molecule has 70 valence electrons. The molecule has 4 nitrogen and oxygen atoms in total. The molecule has 1 aromatic rings. The molecule has 1 fully saturated rings. The first kappa shape index (κ1) is 8.31. The fourth-order valence-corrected chi connectivity index (χ4v) is 1.52. The van der Waals surface area contributed by atoms with Gasteiger partial charge in [0.2, 0.25) is 0 Å². The molecular formula is C9H13N3O. The number of hydrogen-bond acceptors (Lipinski definition) is 3. The maximum Gasteiger partial charge on any atom is 0.268 e. The van der Waals surface area contributed by atoms with E-state index >= 15 is 0 Å². The van der Waals surface area contributed by atoms with Crippen molar-refractivity contribution >= 4 is 0 Å². The molecule has 2 rings (SSSR count). The first-order chi connectivity index (χ1) is 6.38. The molecule has 0 amide bonds. The largest absolute Gasteiger partial charge is 0.313 e. The topological polar surface area (TPSA) is 37.3 Å². The Kier molecular flexibility index (Phi) is 2.31. The SMILES string of the molecule is O=c1ccccn1N1CCNCC1. The summed E-state index contributed by atoms with van der Waals surface area (Å²) in [5.74, 6) is 0. The van der Waals surface area contributed by atoms with Crippen LogP contribution in [0.3, 0.4) is 0 Å². The minimum atomic E-state index is 0.0457. The van der Waals surface area contributed by atoms with Crippen molar-refractivity contribution in [3.8, 4) is 0 Å². The van der Waals surface area contributed by atoms with Gasteiger partial charge in [-0.05, 0) is 6.07 Å². The highest BCUT2D eigenvalue weighted by atomic mass is 16.1. The van der Waals surface area contributed by atoms with Crippen molar-refractivity contribution in [2.45, 2.75) is 0 Å². The smallest absolute Gasteiger partial charge is 0.268 e. The Morgan fingerprint density at radius 2 is 2.00 bits per heavy atom. The molecule has 0 aromatic carbocycles. The lowest BCUT2D eigenvalue weighted by atomic mass is 10.4. The number of rotatable bonds is 1. The Morgan fingerprint density at radius 1 is 1.23 bits per heavy atom. The van der Waals surface area contributed by atoms with Crippen LogP contribution in [0, 0.1) is 0 Å². The van der Waals surface area contributed by atoms with Gasteiger partial charge in [0.05, 0.1) is 0 Å². The highest BCUT2D eigenvalue weighted by Gasteiger charge is 2.09. The van der Waals surface area contributed by atoms with Crippen LogP contribution in [0.5, 0.6) is 0 Å². The number of nitrogens with one attached hydrogen (secondary N) is 1. The molecule has 0 radical (unpaired) electrons. The van der Waals surface area contributed by atoms with Crippen LogP contribution >= 0.6 is 0 Å². The maximum absolute atomic E-state index is 11.4. The van der Waals surface area contributed by atoms with Crippen LogP contribution in [-0.2, 0) is 0 Å². The molecule has 0 unspecified atom stereocenters. The zero-order valence-corrected chi connectivity index (χ0v) is 7.44. The summed E-state index contributed by atoms with van der Waals surface area (Å²) >= 11 is 0. The molecule has 0 saturated carbocycles. The van der Waals surface area contributed by atoms with E-state index in [0.717, 1.165) is 26.2 Å². The van der Waals surface area contributed by atoms with Gasteiger partial charge in [-0.1, -0.05) is 6.07 Å². The summed E-state index contributed by atoms with van der Waals surface area (Å²) in [4.78, 5) is 11.4. The molecule has 2 heterocycles. The second-order valence-electron chi connectivity index (χ2n) is 3.09. The van der Waals surface area contributed by atoms with Crippen LogP contribution in [0.25, 0.3) is 0 Å². The Labute approximate surface area is 76.8 Å². The first-order valence-electron chi connectivity index (χ1n) is 4.51. The van der Waals surface area contributed by atoms with E-state index < -0.39 is 0 Å². The average molecular weight is 179 g/mol. The molecule has 0 spiro atoms. The van der Waals surface area contributed by atoms with Crippen molar-refractivity contribution in [3.05, 3.63) is 34.7 Å². The van der Waals surface area contributed by atoms with Crippen molar-refractivity contribution in [3.63, 3.8) is 0 Å². The van der Waals surface area contributed by atoms with Gasteiger partial charge in [0.15, 0.2) is 0 Å². The average Bonchev–Trinajstić information content (AvgIpc) is 2.20. The third kappa shape index (κ3) is 1.72. The zero-order chi connectivity index (χ0) is 9.10. The van der Waals surface area contributed by atoms with Crippen molar-refractivity contribution in [1.29, 1.82) is 0 Å². The summed E-state index contributed by atoms with van der Waals surface area (Å²) < 4.78 is 1.68. The van der Waals surface area contributed by atoms with Gasteiger partial charge >= 0.3 is 0 Å². The molecule has 4 heteroatoms. The molecule has 0 bridgehead atoms. The molecule has 1 saturated heterocycles.